The van der Waals surface area contributed by atoms with Crippen LogP contribution in [0, 0.1) is 13.8 Å². The van der Waals surface area contributed by atoms with Crippen molar-refractivity contribution >= 4 is 31.9 Å². The molecule has 0 aromatic heterocycles. The Morgan fingerprint density at radius 3 is 1.55 bits per heavy atom. The summed E-state index contributed by atoms with van der Waals surface area (Å²) in [5, 5.41) is 18.1. The van der Waals surface area contributed by atoms with E-state index in [1.807, 2.05) is 19.9 Å². The van der Waals surface area contributed by atoms with Gasteiger partial charge in [-0.2, -0.15) is 0 Å². The fourth-order valence-corrected chi connectivity index (χ4v) is 3.06. The SMILES string of the molecule is COc1c(C)cc(O)cc1C.Oc1cc(Br)cc(Br)c1. The van der Waals surface area contributed by atoms with Crippen LogP contribution < -0.4 is 4.74 Å². The molecule has 0 aliphatic carbocycles. The van der Waals surface area contributed by atoms with Crippen LogP contribution in [-0.4, -0.2) is 17.3 Å². The van der Waals surface area contributed by atoms with Crippen LogP contribution >= 0.6 is 31.9 Å². The molecule has 0 bridgehead atoms. The van der Waals surface area contributed by atoms with Gasteiger partial charge in [0.05, 0.1) is 7.11 Å². The van der Waals surface area contributed by atoms with Crippen molar-refractivity contribution in [2.24, 2.45) is 0 Å². The molecule has 3 nitrogen and oxygen atoms in total. The second-order valence-electron chi connectivity index (χ2n) is 4.24. The van der Waals surface area contributed by atoms with Crippen molar-refractivity contribution < 1.29 is 14.9 Å². The molecule has 0 fully saturated rings. The summed E-state index contributed by atoms with van der Waals surface area (Å²) < 4.78 is 6.86. The van der Waals surface area contributed by atoms with Crippen LogP contribution in [-0.2, 0) is 0 Å². The Morgan fingerprint density at radius 1 is 0.800 bits per heavy atom. The van der Waals surface area contributed by atoms with Crippen LogP contribution in [0.1, 0.15) is 11.1 Å². The Hall–Kier alpha value is -1.20. The third-order valence-electron chi connectivity index (χ3n) is 2.50. The molecule has 20 heavy (non-hydrogen) atoms. The molecule has 0 aliphatic heterocycles. The second kappa shape index (κ2) is 7.55. The van der Waals surface area contributed by atoms with E-state index in [1.165, 1.54) is 0 Å². The zero-order valence-electron chi connectivity index (χ0n) is 11.4. The van der Waals surface area contributed by atoms with Crippen molar-refractivity contribution in [2.75, 3.05) is 7.11 Å². The number of methoxy groups -OCH3 is 1. The number of ether oxygens (including phenoxy) is 1. The van der Waals surface area contributed by atoms with E-state index in [4.69, 9.17) is 14.9 Å². The van der Waals surface area contributed by atoms with Gasteiger partial charge >= 0.3 is 0 Å². The van der Waals surface area contributed by atoms with Crippen molar-refractivity contribution in [3.05, 3.63) is 50.4 Å². The first kappa shape index (κ1) is 16.9. The summed E-state index contributed by atoms with van der Waals surface area (Å²) in [5.41, 5.74) is 1.93. The average molecular weight is 404 g/mol. The van der Waals surface area contributed by atoms with Gasteiger partial charge in [0.2, 0.25) is 0 Å². The van der Waals surface area contributed by atoms with Gasteiger partial charge in [0.1, 0.15) is 17.2 Å². The quantitative estimate of drug-likeness (QED) is 0.709. The first-order valence-corrected chi connectivity index (χ1v) is 7.41. The highest BCUT2D eigenvalue weighted by Crippen LogP contribution is 2.26. The third-order valence-corrected chi connectivity index (χ3v) is 3.41. The fraction of sp³-hybridized carbons (Fsp3) is 0.200. The van der Waals surface area contributed by atoms with E-state index in [1.54, 1.807) is 31.4 Å². The molecule has 2 aromatic rings. The number of hydrogen-bond acceptors (Lipinski definition) is 3. The van der Waals surface area contributed by atoms with Gasteiger partial charge in [-0.3, -0.25) is 0 Å². The van der Waals surface area contributed by atoms with Crippen LogP contribution in [0.2, 0.25) is 0 Å². The number of halogens is 2. The maximum Gasteiger partial charge on any atom is 0.124 e. The van der Waals surface area contributed by atoms with E-state index in [2.05, 4.69) is 31.9 Å². The Balaban J connectivity index is 0.000000204. The molecule has 2 rings (SSSR count). The van der Waals surface area contributed by atoms with Gasteiger partial charge < -0.3 is 14.9 Å². The molecule has 0 heterocycles. The average Bonchev–Trinajstić information content (AvgIpc) is 2.26. The Labute approximate surface area is 135 Å². The third kappa shape index (κ3) is 5.06. The number of rotatable bonds is 1. The van der Waals surface area contributed by atoms with Gasteiger partial charge in [-0.15, -0.1) is 0 Å². The minimum atomic E-state index is 0.260. The number of hydrogen-bond donors (Lipinski definition) is 2. The minimum absolute atomic E-state index is 0.260. The lowest BCUT2D eigenvalue weighted by molar-refractivity contribution is 0.405. The molecule has 2 aromatic carbocycles. The van der Waals surface area contributed by atoms with Crippen LogP contribution in [0.3, 0.4) is 0 Å². The predicted molar refractivity (Wildman–Crippen MR) is 87.6 cm³/mol. The van der Waals surface area contributed by atoms with Gasteiger partial charge in [0, 0.05) is 8.95 Å². The van der Waals surface area contributed by atoms with Crippen LogP contribution in [0.25, 0.3) is 0 Å². The zero-order chi connectivity index (χ0) is 15.3. The van der Waals surface area contributed by atoms with Crippen LogP contribution in [0.15, 0.2) is 39.3 Å². The monoisotopic (exact) mass is 402 g/mol. The summed E-state index contributed by atoms with van der Waals surface area (Å²) in [7, 11) is 1.63. The second-order valence-corrected chi connectivity index (χ2v) is 6.07. The van der Waals surface area contributed by atoms with E-state index >= 15 is 0 Å². The first-order valence-electron chi connectivity index (χ1n) is 5.82. The van der Waals surface area contributed by atoms with Crippen LogP contribution in [0.5, 0.6) is 17.2 Å². The zero-order valence-corrected chi connectivity index (χ0v) is 14.6. The Bertz CT molecular complexity index is 524. The summed E-state index contributed by atoms with van der Waals surface area (Å²) in [6.07, 6.45) is 0. The lowest BCUT2D eigenvalue weighted by atomic mass is 10.1. The van der Waals surface area contributed by atoms with E-state index in [-0.39, 0.29) is 5.75 Å². The molecule has 5 heteroatoms. The molecule has 2 N–H and O–H groups in total. The normalized spacial score (nSPS) is 9.65. The summed E-state index contributed by atoms with van der Waals surface area (Å²) in [4.78, 5) is 0. The van der Waals surface area contributed by atoms with E-state index in [9.17, 15) is 0 Å². The van der Waals surface area contributed by atoms with Gasteiger partial charge in [-0.1, -0.05) is 31.9 Å². The highest BCUT2D eigenvalue weighted by molar-refractivity contribution is 9.11. The van der Waals surface area contributed by atoms with Gasteiger partial charge in [-0.25, -0.2) is 0 Å². The molecule has 0 radical (unpaired) electrons. The lowest BCUT2D eigenvalue weighted by Gasteiger charge is -2.07. The van der Waals surface area contributed by atoms with Gasteiger partial charge in [0.15, 0.2) is 0 Å². The van der Waals surface area contributed by atoms with Crippen molar-refractivity contribution in [1.29, 1.82) is 0 Å². The molecule has 0 aliphatic rings. The van der Waals surface area contributed by atoms with Crippen molar-refractivity contribution in [3.8, 4) is 17.2 Å². The Kier molecular flexibility index (Phi) is 6.36. The predicted octanol–water partition coefficient (Wildman–Crippen LogP) is 4.93. The van der Waals surface area contributed by atoms with Gasteiger partial charge in [0.25, 0.3) is 0 Å². The molecule has 0 atom stereocenters. The van der Waals surface area contributed by atoms with E-state index in [0.29, 0.717) is 5.75 Å². The minimum Gasteiger partial charge on any atom is -0.508 e. The molecule has 0 amide bonds. The molecule has 0 saturated heterocycles. The highest BCUT2D eigenvalue weighted by atomic mass is 79.9. The first-order chi connectivity index (χ1) is 9.33. The topological polar surface area (TPSA) is 49.7 Å². The maximum absolute atomic E-state index is 9.16. The number of phenolic OH excluding ortho intramolecular Hbond substituents is 2. The highest BCUT2D eigenvalue weighted by Gasteiger charge is 2.03. The summed E-state index contributed by atoms with van der Waals surface area (Å²) in [6, 6.07) is 8.49. The largest absolute Gasteiger partial charge is 0.508 e. The molecule has 108 valence electrons. The number of aromatic hydroxyl groups is 2. The fourth-order valence-electron chi connectivity index (χ4n) is 1.79. The van der Waals surface area contributed by atoms with Crippen molar-refractivity contribution in [2.45, 2.75) is 13.8 Å². The van der Waals surface area contributed by atoms with Crippen LogP contribution in [0.4, 0.5) is 0 Å². The number of phenols is 2. The summed E-state index contributed by atoms with van der Waals surface area (Å²) in [5.74, 6) is 1.40. The maximum atomic E-state index is 9.16. The summed E-state index contributed by atoms with van der Waals surface area (Å²) >= 11 is 6.45. The number of aryl methyl sites for hydroxylation is 2. The van der Waals surface area contributed by atoms with E-state index in [0.717, 1.165) is 25.8 Å². The van der Waals surface area contributed by atoms with Crippen molar-refractivity contribution in [3.63, 3.8) is 0 Å². The molecule has 0 saturated carbocycles. The lowest BCUT2D eigenvalue weighted by Crippen LogP contribution is -1.89. The Morgan fingerprint density at radius 2 is 1.20 bits per heavy atom. The molecular formula is C15H16Br2O3. The molecule has 0 spiro atoms. The van der Waals surface area contributed by atoms with Crippen molar-refractivity contribution in [1.82, 2.24) is 0 Å². The van der Waals surface area contributed by atoms with Gasteiger partial charge in [-0.05, 0) is 55.3 Å². The molecular weight excluding hydrogens is 388 g/mol. The number of benzene rings is 2. The van der Waals surface area contributed by atoms with E-state index < -0.39 is 0 Å². The molecule has 0 unspecified atom stereocenters. The smallest absolute Gasteiger partial charge is 0.124 e. The standard InChI is InChI=1S/C9H12O2.C6H4Br2O/c1-6-4-8(10)5-7(2)9(6)11-3;7-4-1-5(8)3-6(9)2-4/h4-5,10H,1-3H3;1-3,9H. The summed E-state index contributed by atoms with van der Waals surface area (Å²) in [6.45, 7) is 3.82.